The number of rotatable bonds is 2. The maximum atomic E-state index is 13.3. The van der Waals surface area contributed by atoms with Crippen LogP contribution >= 0.6 is 0 Å². The van der Waals surface area contributed by atoms with Gasteiger partial charge in [0.25, 0.3) is 11.5 Å². The van der Waals surface area contributed by atoms with Crippen LogP contribution in [0, 0.1) is 20.8 Å². The summed E-state index contributed by atoms with van der Waals surface area (Å²) in [5.41, 5.74) is 2.66. The van der Waals surface area contributed by atoms with Crippen molar-refractivity contribution in [1.29, 1.82) is 0 Å². The van der Waals surface area contributed by atoms with Gasteiger partial charge in [0.2, 0.25) is 0 Å². The molecule has 35 heavy (non-hydrogen) atoms. The van der Waals surface area contributed by atoms with Crippen molar-refractivity contribution < 1.29 is 19.4 Å². The maximum Gasteiger partial charge on any atom is 0.278 e. The summed E-state index contributed by atoms with van der Waals surface area (Å²) < 4.78 is 7.53. The average molecular weight is 474 g/mol. The van der Waals surface area contributed by atoms with Crippen molar-refractivity contribution in [1.82, 2.24) is 14.7 Å². The van der Waals surface area contributed by atoms with Crippen LogP contribution in [0.3, 0.4) is 0 Å². The highest BCUT2D eigenvalue weighted by Gasteiger charge is 2.44. The van der Waals surface area contributed by atoms with Crippen LogP contribution in [-0.2, 0) is 0 Å². The number of aryl methyl sites for hydroxylation is 3. The Labute approximate surface area is 202 Å². The van der Waals surface area contributed by atoms with Crippen LogP contribution in [-0.4, -0.2) is 50.2 Å². The fraction of sp³-hybridized carbons (Fsp3) is 0.333. The molecular weight excluding hydrogens is 446 g/mol. The lowest BCUT2D eigenvalue weighted by molar-refractivity contribution is -0.00642. The standard InChI is InChI=1S/C27H27N3O5/c1-16-5-4-6-19(12-16)30-23(33)14-21(31)24(28-30)26(34)29-9-7-27(8-10-29)15-22(32)20-13-17(2)11-18(3)25(20)35-27/h4-6,11-14,31H,7-10,15H2,1-3H3. The molecule has 0 saturated carbocycles. The summed E-state index contributed by atoms with van der Waals surface area (Å²) in [5.74, 6) is -0.222. The number of ketones is 1. The number of aromatic nitrogens is 2. The van der Waals surface area contributed by atoms with Crippen LogP contribution in [0.25, 0.3) is 5.69 Å². The topological polar surface area (TPSA) is 102 Å². The second kappa shape index (κ2) is 8.37. The Morgan fingerprint density at radius 2 is 1.77 bits per heavy atom. The fourth-order valence-electron chi connectivity index (χ4n) is 5.03. The van der Waals surface area contributed by atoms with E-state index in [2.05, 4.69) is 5.10 Å². The lowest BCUT2D eigenvalue weighted by atomic mass is 9.81. The van der Waals surface area contributed by atoms with Crippen LogP contribution in [0.15, 0.2) is 47.3 Å². The molecule has 0 radical (unpaired) electrons. The lowest BCUT2D eigenvalue weighted by Crippen LogP contribution is -2.52. The number of aromatic hydroxyl groups is 1. The van der Waals surface area contributed by atoms with E-state index >= 15 is 0 Å². The third-order valence-corrected chi connectivity index (χ3v) is 6.84. The lowest BCUT2D eigenvalue weighted by Gasteiger charge is -2.44. The van der Waals surface area contributed by atoms with E-state index in [1.165, 1.54) is 0 Å². The van der Waals surface area contributed by atoms with Gasteiger partial charge in [-0.15, -0.1) is 0 Å². The minimum absolute atomic E-state index is 0.0577. The Hall–Kier alpha value is -3.94. The SMILES string of the molecule is Cc1cccc(-n2nc(C(=O)N3CCC4(CC3)CC(=O)c3cc(C)cc(C)c3O4)c(O)cc2=O)c1. The Bertz CT molecular complexity index is 1420. The number of hydrogen-bond donors (Lipinski definition) is 1. The van der Waals surface area contributed by atoms with Gasteiger partial charge in [0.05, 0.1) is 17.7 Å². The van der Waals surface area contributed by atoms with Crippen molar-refractivity contribution >= 4 is 11.7 Å². The molecule has 2 aromatic carbocycles. The van der Waals surface area contributed by atoms with Gasteiger partial charge in [0.1, 0.15) is 11.4 Å². The molecule has 0 bridgehead atoms. The number of hydrogen-bond acceptors (Lipinski definition) is 6. The number of likely N-dealkylation sites (tertiary alicyclic amines) is 1. The van der Waals surface area contributed by atoms with Crippen molar-refractivity contribution in [3.63, 3.8) is 0 Å². The number of fused-ring (bicyclic) bond motifs is 1. The number of amides is 1. The maximum absolute atomic E-state index is 13.3. The quantitative estimate of drug-likeness (QED) is 0.611. The normalized spacial score (nSPS) is 16.7. The molecule has 0 unspecified atom stereocenters. The number of Topliss-reactive ketones (excluding diaryl/α,β-unsaturated/α-hetero) is 1. The van der Waals surface area contributed by atoms with Gasteiger partial charge in [-0.05, 0) is 55.7 Å². The van der Waals surface area contributed by atoms with Crippen molar-refractivity contribution in [2.45, 2.75) is 45.6 Å². The Morgan fingerprint density at radius 1 is 1.03 bits per heavy atom. The highest BCUT2D eigenvalue weighted by molar-refractivity contribution is 6.01. The molecule has 1 spiro atoms. The monoisotopic (exact) mass is 473 g/mol. The molecule has 3 aromatic rings. The van der Waals surface area contributed by atoms with Gasteiger partial charge in [-0.25, -0.2) is 0 Å². The van der Waals surface area contributed by atoms with E-state index in [4.69, 9.17) is 4.74 Å². The van der Waals surface area contributed by atoms with Crippen molar-refractivity contribution in [3.05, 3.63) is 80.8 Å². The van der Waals surface area contributed by atoms with Gasteiger partial charge in [-0.1, -0.05) is 18.2 Å². The summed E-state index contributed by atoms with van der Waals surface area (Å²) in [6.45, 7) is 6.48. The first-order valence-electron chi connectivity index (χ1n) is 11.7. The molecular formula is C27H27N3O5. The molecule has 5 rings (SSSR count). The molecule has 8 nitrogen and oxygen atoms in total. The Kier molecular flexibility index (Phi) is 5.46. The average Bonchev–Trinajstić information content (AvgIpc) is 2.80. The molecule has 1 saturated heterocycles. The largest absolute Gasteiger partial charge is 0.505 e. The van der Waals surface area contributed by atoms with Gasteiger partial charge in [0.15, 0.2) is 17.2 Å². The first-order valence-corrected chi connectivity index (χ1v) is 11.7. The zero-order valence-electron chi connectivity index (χ0n) is 20.0. The van der Waals surface area contributed by atoms with Crippen molar-refractivity contribution in [2.75, 3.05) is 13.1 Å². The van der Waals surface area contributed by atoms with Gasteiger partial charge < -0.3 is 14.7 Å². The zero-order chi connectivity index (χ0) is 24.9. The molecule has 1 fully saturated rings. The van der Waals surface area contributed by atoms with Crippen LogP contribution < -0.4 is 10.3 Å². The van der Waals surface area contributed by atoms with E-state index in [0.29, 0.717) is 42.9 Å². The van der Waals surface area contributed by atoms with Crippen LogP contribution in [0.1, 0.15) is 56.8 Å². The molecule has 1 amide bonds. The first kappa shape index (κ1) is 22.8. The smallest absolute Gasteiger partial charge is 0.278 e. The van der Waals surface area contributed by atoms with Crippen molar-refractivity contribution in [2.24, 2.45) is 0 Å². The predicted octanol–water partition coefficient (Wildman–Crippen LogP) is 3.50. The Morgan fingerprint density at radius 3 is 2.49 bits per heavy atom. The summed E-state index contributed by atoms with van der Waals surface area (Å²) in [7, 11) is 0. The minimum atomic E-state index is -0.656. The Balaban J connectivity index is 1.38. The molecule has 2 aliphatic heterocycles. The molecule has 8 heteroatoms. The van der Waals surface area contributed by atoms with Crippen LogP contribution in [0.4, 0.5) is 0 Å². The van der Waals surface area contributed by atoms with Gasteiger partial charge in [-0.3, -0.25) is 14.4 Å². The summed E-state index contributed by atoms with van der Waals surface area (Å²) in [6.07, 6.45) is 1.23. The second-order valence-corrected chi connectivity index (χ2v) is 9.60. The summed E-state index contributed by atoms with van der Waals surface area (Å²) in [6, 6.07) is 12.1. The third-order valence-electron chi connectivity index (χ3n) is 6.84. The number of carbonyl (C=O) groups excluding carboxylic acids is 2. The predicted molar refractivity (Wildman–Crippen MR) is 130 cm³/mol. The second-order valence-electron chi connectivity index (χ2n) is 9.60. The van der Waals surface area contributed by atoms with Gasteiger partial charge >= 0.3 is 0 Å². The first-order chi connectivity index (χ1) is 16.7. The van der Waals surface area contributed by atoms with Crippen LogP contribution in [0.5, 0.6) is 11.5 Å². The molecule has 2 aliphatic rings. The van der Waals surface area contributed by atoms with E-state index in [1.54, 1.807) is 23.1 Å². The number of carbonyl (C=O) groups is 2. The van der Waals surface area contributed by atoms with Gasteiger partial charge in [0, 0.05) is 32.0 Å². The molecule has 0 atom stereocenters. The molecule has 180 valence electrons. The van der Waals surface area contributed by atoms with E-state index in [9.17, 15) is 19.5 Å². The van der Waals surface area contributed by atoms with Gasteiger partial charge in [-0.2, -0.15) is 9.78 Å². The summed E-state index contributed by atoms with van der Waals surface area (Å²) in [4.78, 5) is 40.3. The van der Waals surface area contributed by atoms with E-state index in [0.717, 1.165) is 27.4 Å². The van der Waals surface area contributed by atoms with E-state index in [1.807, 2.05) is 39.0 Å². The molecule has 0 aliphatic carbocycles. The highest BCUT2D eigenvalue weighted by atomic mass is 16.5. The summed E-state index contributed by atoms with van der Waals surface area (Å²) >= 11 is 0. The van der Waals surface area contributed by atoms with E-state index in [-0.39, 0.29) is 17.9 Å². The third kappa shape index (κ3) is 4.09. The zero-order valence-corrected chi connectivity index (χ0v) is 20.0. The number of piperidine rings is 1. The number of ether oxygens (including phenoxy) is 1. The fourth-order valence-corrected chi connectivity index (χ4v) is 5.03. The number of benzene rings is 2. The highest BCUT2D eigenvalue weighted by Crippen LogP contribution is 2.41. The molecule has 1 aromatic heterocycles. The van der Waals surface area contributed by atoms with Crippen LogP contribution in [0.2, 0.25) is 0 Å². The molecule has 3 heterocycles. The van der Waals surface area contributed by atoms with Crippen molar-refractivity contribution in [3.8, 4) is 17.2 Å². The minimum Gasteiger partial charge on any atom is -0.505 e. The summed E-state index contributed by atoms with van der Waals surface area (Å²) in [5, 5.41) is 14.6. The number of nitrogens with zero attached hydrogens (tertiary/aromatic N) is 3. The molecule has 1 N–H and O–H groups in total. The van der Waals surface area contributed by atoms with E-state index < -0.39 is 22.8 Å².